The summed E-state index contributed by atoms with van der Waals surface area (Å²) in [7, 11) is 0. The Labute approximate surface area is 79.4 Å². The van der Waals surface area contributed by atoms with Crippen LogP contribution in [0, 0.1) is 17.0 Å². The molecule has 0 bridgehead atoms. The lowest BCUT2D eigenvalue weighted by Gasteiger charge is -2.02. The van der Waals surface area contributed by atoms with E-state index in [1.807, 2.05) is 0 Å². The van der Waals surface area contributed by atoms with Crippen molar-refractivity contribution < 1.29 is 14.6 Å². The van der Waals surface area contributed by atoms with Gasteiger partial charge in [0.15, 0.2) is 0 Å². The first-order valence-electron chi connectivity index (χ1n) is 3.73. The summed E-state index contributed by atoms with van der Waals surface area (Å²) in [5, 5.41) is 10.5. The van der Waals surface area contributed by atoms with Crippen LogP contribution in [0.2, 0.25) is 0 Å². The highest BCUT2D eigenvalue weighted by molar-refractivity contribution is 5.91. The van der Waals surface area contributed by atoms with Crippen LogP contribution >= 0.6 is 0 Å². The molecule has 6 heteroatoms. The van der Waals surface area contributed by atoms with Gasteiger partial charge >= 0.3 is 5.97 Å². The largest absolute Gasteiger partial charge is 0.370 e. The van der Waals surface area contributed by atoms with Crippen molar-refractivity contribution in [3.63, 3.8) is 0 Å². The Morgan fingerprint density at radius 1 is 1.57 bits per heavy atom. The maximum absolute atomic E-state index is 11.0. The lowest BCUT2D eigenvalue weighted by molar-refractivity contribution is -0.385. The number of hydrogen-bond acceptors (Lipinski definition) is 5. The summed E-state index contributed by atoms with van der Waals surface area (Å²) >= 11 is 0. The van der Waals surface area contributed by atoms with Crippen molar-refractivity contribution in [1.82, 2.24) is 0 Å². The molecule has 0 saturated heterocycles. The zero-order valence-corrected chi connectivity index (χ0v) is 7.39. The maximum atomic E-state index is 11.0. The lowest BCUT2D eigenvalue weighted by atomic mass is 10.1. The van der Waals surface area contributed by atoms with Gasteiger partial charge in [0.1, 0.15) is 0 Å². The zero-order valence-electron chi connectivity index (χ0n) is 7.39. The molecule has 0 atom stereocenters. The highest BCUT2D eigenvalue weighted by Gasteiger charge is 2.18. The summed E-state index contributed by atoms with van der Waals surface area (Å²) in [6, 6.07) is 4.12. The minimum absolute atomic E-state index is 0.0988. The predicted molar refractivity (Wildman–Crippen MR) is 47.4 cm³/mol. The van der Waals surface area contributed by atoms with Gasteiger partial charge in [-0.05, 0) is 13.0 Å². The summed E-state index contributed by atoms with van der Waals surface area (Å²) in [4.78, 5) is 25.0. The standard InChI is InChI=1S/C8H8N2O4/c1-5-6(8(11)14-9)3-2-4-7(5)10(12)13/h2-4H,9H2,1H3. The third-order valence-corrected chi connectivity index (χ3v) is 1.83. The Morgan fingerprint density at radius 2 is 2.21 bits per heavy atom. The molecule has 1 rings (SSSR count). The van der Waals surface area contributed by atoms with Gasteiger partial charge in [0.05, 0.1) is 10.5 Å². The normalized spacial score (nSPS) is 9.57. The van der Waals surface area contributed by atoms with E-state index in [0.29, 0.717) is 0 Å². The Balaban J connectivity index is 3.27. The Bertz CT molecular complexity index is 389. The first-order chi connectivity index (χ1) is 6.57. The Kier molecular flexibility index (Phi) is 2.78. The minimum atomic E-state index is -0.786. The molecule has 0 aliphatic carbocycles. The highest BCUT2D eigenvalue weighted by atomic mass is 16.7. The number of rotatable bonds is 2. The van der Waals surface area contributed by atoms with Crippen LogP contribution in [0.15, 0.2) is 18.2 Å². The summed E-state index contributed by atoms with van der Waals surface area (Å²) in [6.07, 6.45) is 0. The first-order valence-corrected chi connectivity index (χ1v) is 3.73. The van der Waals surface area contributed by atoms with E-state index in [1.54, 1.807) is 0 Å². The molecule has 6 nitrogen and oxygen atoms in total. The van der Waals surface area contributed by atoms with E-state index in [-0.39, 0.29) is 16.8 Å². The van der Waals surface area contributed by atoms with Gasteiger partial charge in [-0.25, -0.2) is 4.79 Å². The molecule has 0 radical (unpaired) electrons. The lowest BCUT2D eigenvalue weighted by Crippen LogP contribution is -2.12. The Morgan fingerprint density at radius 3 is 2.71 bits per heavy atom. The quantitative estimate of drug-likeness (QED) is 0.560. The number of carbonyl (C=O) groups is 1. The van der Waals surface area contributed by atoms with Crippen molar-refractivity contribution in [1.29, 1.82) is 0 Å². The topological polar surface area (TPSA) is 95.5 Å². The molecule has 0 amide bonds. The molecule has 0 fully saturated rings. The third kappa shape index (κ3) is 1.69. The number of nitrogens with two attached hydrogens (primary N) is 1. The van der Waals surface area contributed by atoms with E-state index >= 15 is 0 Å². The maximum Gasteiger partial charge on any atom is 0.357 e. The molecule has 0 saturated carbocycles. The molecule has 0 unspecified atom stereocenters. The number of nitrogens with zero attached hydrogens (tertiary/aromatic N) is 1. The molecular weight excluding hydrogens is 188 g/mol. The molecule has 14 heavy (non-hydrogen) atoms. The molecule has 0 spiro atoms. The smallest absolute Gasteiger partial charge is 0.357 e. The monoisotopic (exact) mass is 196 g/mol. The minimum Gasteiger partial charge on any atom is -0.370 e. The van der Waals surface area contributed by atoms with Crippen molar-refractivity contribution in [2.45, 2.75) is 6.92 Å². The third-order valence-electron chi connectivity index (χ3n) is 1.83. The molecule has 0 aromatic heterocycles. The summed E-state index contributed by atoms with van der Waals surface area (Å²) in [5.74, 6) is 3.89. The van der Waals surface area contributed by atoms with E-state index in [2.05, 4.69) is 10.7 Å². The van der Waals surface area contributed by atoms with Crippen LogP contribution in [0.1, 0.15) is 15.9 Å². The number of carbonyl (C=O) groups excluding carboxylic acids is 1. The van der Waals surface area contributed by atoms with Crippen molar-refractivity contribution in [3.8, 4) is 0 Å². The summed E-state index contributed by atoms with van der Waals surface area (Å²) in [5.41, 5.74) is 0.211. The van der Waals surface area contributed by atoms with Gasteiger partial charge < -0.3 is 4.84 Å². The summed E-state index contributed by atoms with van der Waals surface area (Å²) in [6.45, 7) is 1.46. The Hall–Kier alpha value is -1.95. The highest BCUT2D eigenvalue weighted by Crippen LogP contribution is 2.21. The van der Waals surface area contributed by atoms with Gasteiger partial charge in [-0.3, -0.25) is 10.1 Å². The van der Waals surface area contributed by atoms with Gasteiger partial charge in [0.25, 0.3) is 5.69 Å². The molecule has 1 aromatic rings. The molecule has 1 aromatic carbocycles. The van der Waals surface area contributed by atoms with Crippen molar-refractivity contribution in [2.24, 2.45) is 5.90 Å². The van der Waals surface area contributed by atoms with Gasteiger partial charge in [-0.2, -0.15) is 5.90 Å². The predicted octanol–water partition coefficient (Wildman–Crippen LogP) is 0.934. The molecule has 0 aliphatic heterocycles. The van der Waals surface area contributed by atoms with Gasteiger partial charge in [0, 0.05) is 11.6 Å². The fraction of sp³-hybridized carbons (Fsp3) is 0.125. The van der Waals surface area contributed by atoms with Crippen LogP contribution in [0.3, 0.4) is 0 Å². The van der Waals surface area contributed by atoms with Gasteiger partial charge in [-0.15, -0.1) is 0 Å². The van der Waals surface area contributed by atoms with E-state index in [9.17, 15) is 14.9 Å². The van der Waals surface area contributed by atoms with Crippen molar-refractivity contribution >= 4 is 11.7 Å². The fourth-order valence-corrected chi connectivity index (χ4v) is 1.11. The summed E-state index contributed by atoms with van der Waals surface area (Å²) < 4.78 is 0. The SMILES string of the molecule is Cc1c(C(=O)ON)cccc1[N+](=O)[O-]. The van der Waals surface area contributed by atoms with Crippen molar-refractivity contribution in [3.05, 3.63) is 39.4 Å². The number of nitro benzene ring substituents is 1. The molecular formula is C8H8N2O4. The van der Waals surface area contributed by atoms with Crippen LogP contribution in [-0.2, 0) is 4.84 Å². The first kappa shape index (κ1) is 10.1. The second-order valence-corrected chi connectivity index (χ2v) is 2.61. The average Bonchev–Trinajstić information content (AvgIpc) is 2.16. The van der Waals surface area contributed by atoms with Crippen LogP contribution in [0.4, 0.5) is 5.69 Å². The average molecular weight is 196 g/mol. The van der Waals surface area contributed by atoms with Crippen molar-refractivity contribution in [2.75, 3.05) is 0 Å². The van der Waals surface area contributed by atoms with Gasteiger partial charge in [0.2, 0.25) is 0 Å². The number of nitro groups is 1. The molecule has 2 N–H and O–H groups in total. The van der Waals surface area contributed by atoms with E-state index in [4.69, 9.17) is 0 Å². The fourth-order valence-electron chi connectivity index (χ4n) is 1.11. The van der Waals surface area contributed by atoms with Crippen LogP contribution in [0.5, 0.6) is 0 Å². The molecule has 0 heterocycles. The number of benzene rings is 1. The van der Waals surface area contributed by atoms with Crippen LogP contribution < -0.4 is 5.90 Å². The second-order valence-electron chi connectivity index (χ2n) is 2.61. The van der Waals surface area contributed by atoms with E-state index in [0.717, 1.165) is 0 Å². The van der Waals surface area contributed by atoms with Crippen LogP contribution in [0.25, 0.3) is 0 Å². The zero-order chi connectivity index (χ0) is 10.7. The second kappa shape index (κ2) is 3.84. The number of hydrogen-bond donors (Lipinski definition) is 1. The van der Waals surface area contributed by atoms with Crippen LogP contribution in [-0.4, -0.2) is 10.9 Å². The van der Waals surface area contributed by atoms with E-state index in [1.165, 1.54) is 25.1 Å². The van der Waals surface area contributed by atoms with Gasteiger partial charge in [-0.1, -0.05) is 6.07 Å². The van der Waals surface area contributed by atoms with E-state index < -0.39 is 10.9 Å². The molecule has 74 valence electrons. The molecule has 0 aliphatic rings.